The Hall–Kier alpha value is -9.36. The van der Waals surface area contributed by atoms with Gasteiger partial charge >= 0.3 is 41.9 Å². The third kappa shape index (κ3) is 22.7. The van der Waals surface area contributed by atoms with Gasteiger partial charge in [-0.3, -0.25) is 43.4 Å². The zero-order valence-corrected chi connectivity index (χ0v) is 49.3. The van der Waals surface area contributed by atoms with E-state index in [2.05, 4.69) is 27.3 Å². The van der Waals surface area contributed by atoms with Crippen molar-refractivity contribution in [2.24, 2.45) is 11.8 Å². The number of aliphatic carboxylic acids is 6. The maximum Gasteiger partial charge on any atom is 0.408 e. The van der Waals surface area contributed by atoms with Crippen molar-refractivity contribution in [2.75, 3.05) is 39.3 Å². The van der Waals surface area contributed by atoms with Crippen molar-refractivity contribution in [3.05, 3.63) is 119 Å². The first-order valence-electron chi connectivity index (χ1n) is 29.6. The summed E-state index contributed by atoms with van der Waals surface area (Å²) in [6.07, 6.45) is -0.590. The van der Waals surface area contributed by atoms with Crippen LogP contribution in [-0.4, -0.2) is 168 Å². The number of fused-ring (bicyclic) bond motifs is 2. The molecule has 1 fully saturated rings. The first-order chi connectivity index (χ1) is 42.5. The monoisotopic (exact) mass is 1230 g/mol. The minimum absolute atomic E-state index is 0.0278. The van der Waals surface area contributed by atoms with Crippen molar-refractivity contribution in [3.63, 3.8) is 0 Å². The Morgan fingerprint density at radius 1 is 0.551 bits per heavy atom. The lowest BCUT2D eigenvalue weighted by atomic mass is 9.81. The summed E-state index contributed by atoms with van der Waals surface area (Å²) >= 11 is 0. The number of carbonyl (C=O) groups excluding carboxylic acids is 4. The number of amides is 4. The topological polar surface area (TPSA) is 396 Å². The number of aryl methyl sites for hydroxylation is 2. The van der Waals surface area contributed by atoms with Gasteiger partial charge in [0, 0.05) is 82.0 Å². The van der Waals surface area contributed by atoms with E-state index in [9.17, 15) is 78.6 Å². The fraction of sp³-hybridized carbons (Fsp3) is 0.438. The number of carboxylic acid groups (broad SMARTS) is 6. The Morgan fingerprint density at radius 3 is 1.63 bits per heavy atom. The molecule has 1 saturated carbocycles. The highest BCUT2D eigenvalue weighted by atomic mass is 16.6. The van der Waals surface area contributed by atoms with E-state index < -0.39 is 85.0 Å². The molecule has 12 N–H and O–H groups in total. The Morgan fingerprint density at radius 2 is 1.10 bits per heavy atom. The van der Waals surface area contributed by atoms with Crippen LogP contribution >= 0.6 is 0 Å². The molecular weight excluding hydrogens is 1160 g/mol. The minimum atomic E-state index is -1.69. The predicted molar refractivity (Wildman–Crippen MR) is 323 cm³/mol. The Bertz CT molecular complexity index is 3280. The number of aromatic hydroxyl groups is 2. The SMILES string of the molecule is O=C(O)CCC[C@H](OC(=O)N[C@@H](CCCCNC(=O)[C@H](Cc1c2ccccc2cc2ccccc12)NC(=O)[C@H]1CC[C@H](CNC(=O)CCc2ccc(O)c(CN(CCN(CC(=O)O)Cc3cc(CCC(=O)O)ccc3O)CC(=O)O)c2)CC1)C(=O)O)C(=O)O. The normalized spacial score (nSPS) is 14.9. The van der Waals surface area contributed by atoms with Crippen LogP contribution in [0.15, 0.2) is 91.0 Å². The van der Waals surface area contributed by atoms with Crippen LogP contribution in [0.4, 0.5) is 4.79 Å². The highest BCUT2D eigenvalue weighted by Gasteiger charge is 2.32. The molecule has 5 aromatic carbocycles. The van der Waals surface area contributed by atoms with Crippen LogP contribution in [0.2, 0.25) is 0 Å². The van der Waals surface area contributed by atoms with Gasteiger partial charge in [0.05, 0.1) is 13.1 Å². The van der Waals surface area contributed by atoms with Crippen LogP contribution in [-0.2, 0) is 80.2 Å². The van der Waals surface area contributed by atoms with Gasteiger partial charge in [-0.05, 0) is 133 Å². The zero-order valence-electron chi connectivity index (χ0n) is 49.3. The standard InChI is InChI=1S/C64H78N6O19/c71-52-23-17-39(30-45(52)35-69(37-58(78)79)28-29-70(38-59(80)81)36-46-31-40(18-24-53(46)72)20-26-57(76)77)19-25-55(73)66-34-41-15-21-42(22-16-41)60(82)67-51(33-49-47-10-3-1-8-43(47)32-44-9-2-4-11-48(44)49)61(83)65-27-6-5-12-50(62(84)85)68-64(88)89-54(63(86)87)13-7-14-56(74)75/h1-4,8-11,17-18,23-24,30-32,41-42,50-51,54,71-72H,5-7,12-16,19-22,25-29,33-38H2,(H,65,83)(H,66,73)(H,67,82)(H,68,88)(H,74,75)(H,76,77)(H,78,79)(H,80,81)(H,84,85)(H,86,87)/t41-,42-,50-,51-,54-/m0/s1. The van der Waals surface area contributed by atoms with Crippen molar-refractivity contribution in [1.82, 2.24) is 31.1 Å². The number of nitrogens with one attached hydrogen (secondary N) is 4. The quantitative estimate of drug-likeness (QED) is 0.0169. The summed E-state index contributed by atoms with van der Waals surface area (Å²) in [5.74, 6) is -9.00. The van der Waals surface area contributed by atoms with Gasteiger partial charge in [0.15, 0.2) is 0 Å². The summed E-state index contributed by atoms with van der Waals surface area (Å²) in [5.41, 5.74) is 2.94. The van der Waals surface area contributed by atoms with E-state index in [4.69, 9.17) is 14.9 Å². The second-order valence-corrected chi connectivity index (χ2v) is 22.5. The molecule has 0 aromatic heterocycles. The highest BCUT2D eigenvalue weighted by Crippen LogP contribution is 2.32. The van der Waals surface area contributed by atoms with E-state index in [0.717, 1.165) is 27.1 Å². The lowest BCUT2D eigenvalue weighted by molar-refractivity contribution is -0.148. The molecule has 25 nitrogen and oxygen atoms in total. The van der Waals surface area contributed by atoms with Crippen molar-refractivity contribution < 1.29 is 93.5 Å². The molecule has 1 aliphatic rings. The maximum atomic E-state index is 14.2. The van der Waals surface area contributed by atoms with Gasteiger partial charge in [-0.15, -0.1) is 0 Å². The first kappa shape index (κ1) is 68.7. The number of alkyl carbamates (subject to hydrolysis) is 1. The maximum absolute atomic E-state index is 14.2. The summed E-state index contributed by atoms with van der Waals surface area (Å²) in [4.78, 5) is 127. The highest BCUT2D eigenvalue weighted by molar-refractivity contribution is 6.03. The van der Waals surface area contributed by atoms with Gasteiger partial charge in [-0.25, -0.2) is 14.4 Å². The molecular formula is C64H78N6O19. The van der Waals surface area contributed by atoms with Crippen molar-refractivity contribution in [3.8, 4) is 11.5 Å². The average Bonchev–Trinajstić information content (AvgIpc) is 1.16. The van der Waals surface area contributed by atoms with Gasteiger partial charge in [0.25, 0.3) is 0 Å². The van der Waals surface area contributed by atoms with Crippen LogP contribution in [0.3, 0.4) is 0 Å². The largest absolute Gasteiger partial charge is 0.508 e. The molecule has 4 amide bonds. The number of carbonyl (C=O) groups is 10. The first-order valence-corrected chi connectivity index (χ1v) is 29.6. The molecule has 5 aromatic rings. The second-order valence-electron chi connectivity index (χ2n) is 22.5. The summed E-state index contributed by atoms with van der Waals surface area (Å²) in [5, 5.41) is 92.8. The van der Waals surface area contributed by atoms with Crippen LogP contribution in [0.5, 0.6) is 11.5 Å². The van der Waals surface area contributed by atoms with Gasteiger partial charge < -0.3 is 66.9 Å². The van der Waals surface area contributed by atoms with E-state index in [1.54, 1.807) is 24.3 Å². The summed E-state index contributed by atoms with van der Waals surface area (Å²) in [7, 11) is 0. The zero-order chi connectivity index (χ0) is 64.6. The molecule has 25 heteroatoms. The molecule has 0 bridgehead atoms. The third-order valence-electron chi connectivity index (χ3n) is 15.7. The lowest BCUT2D eigenvalue weighted by Gasteiger charge is -2.29. The minimum Gasteiger partial charge on any atom is -0.508 e. The van der Waals surface area contributed by atoms with Crippen LogP contribution in [0.1, 0.15) is 105 Å². The molecule has 3 atom stereocenters. The molecule has 0 unspecified atom stereocenters. The fourth-order valence-corrected chi connectivity index (χ4v) is 11.0. The van der Waals surface area contributed by atoms with E-state index in [-0.39, 0.29) is 133 Å². The van der Waals surface area contributed by atoms with E-state index in [0.29, 0.717) is 54.5 Å². The number of phenols is 2. The number of carboxylic acids is 6. The van der Waals surface area contributed by atoms with Crippen molar-refractivity contribution in [1.29, 1.82) is 0 Å². The second kappa shape index (κ2) is 34.3. The van der Waals surface area contributed by atoms with Crippen LogP contribution in [0.25, 0.3) is 21.5 Å². The van der Waals surface area contributed by atoms with Crippen LogP contribution < -0.4 is 21.3 Å². The van der Waals surface area contributed by atoms with Gasteiger partial charge in [0.1, 0.15) is 23.6 Å². The number of rotatable bonds is 37. The molecule has 478 valence electrons. The van der Waals surface area contributed by atoms with E-state index in [1.807, 2.05) is 48.5 Å². The van der Waals surface area contributed by atoms with Gasteiger partial charge in [-0.1, -0.05) is 72.8 Å². The number of ether oxygens (including phenoxy) is 1. The Kier molecular flexibility index (Phi) is 26.5. The summed E-state index contributed by atoms with van der Waals surface area (Å²) in [6.45, 7) is -0.409. The number of hydrogen-bond acceptors (Lipinski definition) is 15. The third-order valence-corrected chi connectivity index (χ3v) is 15.7. The fourth-order valence-electron chi connectivity index (χ4n) is 11.0. The van der Waals surface area contributed by atoms with Crippen molar-refractivity contribution in [2.45, 2.75) is 128 Å². The van der Waals surface area contributed by atoms with E-state index >= 15 is 0 Å². The predicted octanol–water partition coefficient (Wildman–Crippen LogP) is 5.65. The molecule has 0 aliphatic heterocycles. The number of unbranched alkanes of at least 4 members (excludes halogenated alkanes) is 1. The molecule has 6 rings (SSSR count). The van der Waals surface area contributed by atoms with Gasteiger partial charge in [0.2, 0.25) is 23.8 Å². The Balaban J connectivity index is 1.00. The number of nitrogens with zero attached hydrogens (tertiary/aromatic N) is 2. The molecule has 0 spiro atoms. The molecule has 0 radical (unpaired) electrons. The number of phenolic OH excluding ortho intramolecular Hbond substituents is 2. The lowest BCUT2D eigenvalue weighted by Crippen LogP contribution is -2.50. The summed E-state index contributed by atoms with van der Waals surface area (Å²) in [6, 6.07) is 24.5. The molecule has 89 heavy (non-hydrogen) atoms. The smallest absolute Gasteiger partial charge is 0.408 e. The molecule has 1 aliphatic carbocycles. The van der Waals surface area contributed by atoms with Gasteiger partial charge in [-0.2, -0.15) is 0 Å². The van der Waals surface area contributed by atoms with Crippen molar-refractivity contribution >= 4 is 81.2 Å². The summed E-state index contributed by atoms with van der Waals surface area (Å²) < 4.78 is 4.89. The van der Waals surface area contributed by atoms with E-state index in [1.165, 1.54) is 21.9 Å². The number of benzene rings is 5. The van der Waals surface area contributed by atoms with Crippen LogP contribution in [0, 0.1) is 11.8 Å². The number of hydrogen-bond donors (Lipinski definition) is 12. The molecule has 0 heterocycles. The Labute approximate surface area is 513 Å². The average molecular weight is 1240 g/mol. The molecule has 0 saturated heterocycles.